The summed E-state index contributed by atoms with van der Waals surface area (Å²) in [7, 11) is -2.42. The zero-order valence-electron chi connectivity index (χ0n) is 10.7. The second kappa shape index (κ2) is 5.82. The van der Waals surface area contributed by atoms with E-state index in [1.165, 1.54) is 17.8 Å². The molecule has 0 radical (unpaired) electrons. The van der Waals surface area contributed by atoms with Gasteiger partial charge in [-0.2, -0.15) is 0 Å². The summed E-state index contributed by atoms with van der Waals surface area (Å²) in [6.07, 6.45) is 1.25. The predicted octanol–water partition coefficient (Wildman–Crippen LogP) is 3.05. The number of halogens is 2. The van der Waals surface area contributed by atoms with E-state index in [-0.39, 0.29) is 10.6 Å². The van der Waals surface area contributed by atoms with E-state index < -0.39 is 16.0 Å². The number of anilines is 1. The molecule has 6 nitrogen and oxygen atoms in total. The molecule has 1 aromatic heterocycles. The summed E-state index contributed by atoms with van der Waals surface area (Å²) in [5.74, 6) is -1.19. The highest BCUT2D eigenvalue weighted by atomic mass is 79.9. The fourth-order valence-corrected chi connectivity index (χ4v) is 4.31. The molecular formula is C12H10Br2N2O4S. The Morgan fingerprint density at radius 1 is 1.29 bits per heavy atom. The van der Waals surface area contributed by atoms with Crippen molar-refractivity contribution in [2.45, 2.75) is 4.90 Å². The van der Waals surface area contributed by atoms with Gasteiger partial charge in [0.05, 0.1) is 5.69 Å². The number of hydrogen-bond donors (Lipinski definition) is 2. The van der Waals surface area contributed by atoms with Crippen molar-refractivity contribution < 1.29 is 18.3 Å². The average molecular weight is 438 g/mol. The quantitative estimate of drug-likeness (QED) is 0.769. The monoisotopic (exact) mass is 436 g/mol. The van der Waals surface area contributed by atoms with Crippen molar-refractivity contribution in [3.63, 3.8) is 0 Å². The number of para-hydroxylation sites is 1. The smallest absolute Gasteiger partial charge is 0.352 e. The van der Waals surface area contributed by atoms with E-state index >= 15 is 0 Å². The van der Waals surface area contributed by atoms with Crippen LogP contribution in [0.2, 0.25) is 0 Å². The third-order valence-electron chi connectivity index (χ3n) is 2.71. The molecule has 0 saturated heterocycles. The Bertz CT molecular complexity index is 794. The Balaban J connectivity index is 2.44. The van der Waals surface area contributed by atoms with Gasteiger partial charge < -0.3 is 9.67 Å². The minimum absolute atomic E-state index is 0.110. The van der Waals surface area contributed by atoms with Crippen molar-refractivity contribution in [3.8, 4) is 0 Å². The Morgan fingerprint density at radius 2 is 1.86 bits per heavy atom. The summed E-state index contributed by atoms with van der Waals surface area (Å²) >= 11 is 6.52. The maximum Gasteiger partial charge on any atom is 0.352 e. The number of sulfonamides is 1. The molecular weight excluding hydrogens is 428 g/mol. The van der Waals surface area contributed by atoms with Gasteiger partial charge in [0.25, 0.3) is 10.0 Å². The normalized spacial score (nSPS) is 11.4. The lowest BCUT2D eigenvalue weighted by Gasteiger charge is -2.10. The van der Waals surface area contributed by atoms with Gasteiger partial charge in [-0.3, -0.25) is 4.72 Å². The van der Waals surface area contributed by atoms with E-state index in [0.29, 0.717) is 14.6 Å². The molecule has 2 N–H and O–H groups in total. The number of carboxylic acid groups (broad SMARTS) is 1. The minimum Gasteiger partial charge on any atom is -0.477 e. The number of nitrogens with zero attached hydrogens (tertiary/aromatic N) is 1. The Labute approximate surface area is 138 Å². The first-order valence-electron chi connectivity index (χ1n) is 5.59. The van der Waals surface area contributed by atoms with Crippen LogP contribution in [0.5, 0.6) is 0 Å². The molecule has 0 fully saturated rings. The molecule has 0 aliphatic heterocycles. The van der Waals surface area contributed by atoms with Crippen molar-refractivity contribution in [1.82, 2.24) is 4.57 Å². The van der Waals surface area contributed by atoms with Crippen molar-refractivity contribution in [2.75, 3.05) is 4.72 Å². The molecule has 1 heterocycles. The highest BCUT2D eigenvalue weighted by molar-refractivity contribution is 9.11. The van der Waals surface area contributed by atoms with Gasteiger partial charge >= 0.3 is 5.97 Å². The lowest BCUT2D eigenvalue weighted by atomic mass is 10.3. The van der Waals surface area contributed by atoms with Crippen LogP contribution in [-0.2, 0) is 17.1 Å². The molecule has 0 amide bonds. The molecule has 0 aliphatic rings. The van der Waals surface area contributed by atoms with Gasteiger partial charge in [-0.25, -0.2) is 13.2 Å². The summed E-state index contributed by atoms with van der Waals surface area (Å²) in [6, 6.07) is 6.24. The molecule has 2 aromatic rings. The number of aryl methyl sites for hydroxylation is 1. The van der Waals surface area contributed by atoms with Crippen LogP contribution < -0.4 is 4.72 Å². The topological polar surface area (TPSA) is 88.4 Å². The number of aromatic carboxylic acids is 1. The number of hydrogen-bond acceptors (Lipinski definition) is 3. The second-order valence-electron chi connectivity index (χ2n) is 4.18. The van der Waals surface area contributed by atoms with E-state index in [4.69, 9.17) is 5.11 Å². The van der Waals surface area contributed by atoms with Gasteiger partial charge in [-0.1, -0.05) is 6.07 Å². The summed E-state index contributed by atoms with van der Waals surface area (Å²) in [6.45, 7) is 0. The molecule has 0 aliphatic carbocycles. The number of rotatable bonds is 4. The van der Waals surface area contributed by atoms with E-state index in [9.17, 15) is 13.2 Å². The number of carbonyl (C=O) groups is 1. The zero-order chi connectivity index (χ0) is 15.8. The van der Waals surface area contributed by atoms with E-state index in [2.05, 4.69) is 36.6 Å². The maximum absolute atomic E-state index is 12.3. The van der Waals surface area contributed by atoms with Crippen LogP contribution in [0.25, 0.3) is 0 Å². The van der Waals surface area contributed by atoms with E-state index in [0.717, 1.165) is 6.07 Å². The molecule has 0 unspecified atom stereocenters. The largest absolute Gasteiger partial charge is 0.477 e. The summed E-state index contributed by atoms with van der Waals surface area (Å²) < 4.78 is 29.5. The van der Waals surface area contributed by atoms with Gasteiger partial charge in [0.1, 0.15) is 10.6 Å². The molecule has 112 valence electrons. The molecule has 2 rings (SSSR count). The van der Waals surface area contributed by atoms with Crippen LogP contribution >= 0.6 is 31.9 Å². The average Bonchev–Trinajstić information content (AvgIpc) is 2.77. The first kappa shape index (κ1) is 16.1. The Morgan fingerprint density at radius 3 is 2.33 bits per heavy atom. The molecule has 21 heavy (non-hydrogen) atoms. The van der Waals surface area contributed by atoms with Crippen molar-refractivity contribution in [1.29, 1.82) is 0 Å². The molecule has 0 bridgehead atoms. The van der Waals surface area contributed by atoms with Crippen LogP contribution in [0.1, 0.15) is 10.5 Å². The number of aromatic nitrogens is 1. The number of carboxylic acids is 1. The van der Waals surface area contributed by atoms with E-state index in [1.807, 2.05) is 0 Å². The molecule has 9 heteroatoms. The van der Waals surface area contributed by atoms with Crippen LogP contribution in [0.15, 0.2) is 44.3 Å². The fraction of sp³-hybridized carbons (Fsp3) is 0.0833. The molecule has 0 spiro atoms. The Kier molecular flexibility index (Phi) is 4.45. The summed E-state index contributed by atoms with van der Waals surface area (Å²) in [5, 5.41) is 8.97. The van der Waals surface area contributed by atoms with Gasteiger partial charge in [-0.15, -0.1) is 0 Å². The van der Waals surface area contributed by atoms with Crippen LogP contribution in [0.4, 0.5) is 5.69 Å². The van der Waals surface area contributed by atoms with Crippen molar-refractivity contribution in [3.05, 3.63) is 45.1 Å². The molecule has 0 atom stereocenters. The summed E-state index contributed by atoms with van der Waals surface area (Å²) in [5.41, 5.74) is 0.236. The SMILES string of the molecule is Cn1cc(S(=O)(=O)Nc2c(Br)cccc2Br)cc1C(=O)O. The van der Waals surface area contributed by atoms with Crippen molar-refractivity contribution >= 4 is 53.5 Å². The minimum atomic E-state index is -3.89. The lowest BCUT2D eigenvalue weighted by Crippen LogP contribution is -2.13. The van der Waals surface area contributed by atoms with Gasteiger partial charge in [0, 0.05) is 22.2 Å². The second-order valence-corrected chi connectivity index (χ2v) is 7.57. The number of nitrogens with one attached hydrogen (secondary N) is 1. The van der Waals surface area contributed by atoms with Crippen molar-refractivity contribution in [2.24, 2.45) is 7.05 Å². The van der Waals surface area contributed by atoms with Crippen LogP contribution in [0, 0.1) is 0 Å². The maximum atomic E-state index is 12.3. The fourth-order valence-electron chi connectivity index (χ4n) is 1.68. The molecule has 1 aromatic carbocycles. The first-order valence-corrected chi connectivity index (χ1v) is 8.66. The van der Waals surface area contributed by atoms with Gasteiger partial charge in [0.2, 0.25) is 0 Å². The molecule has 0 saturated carbocycles. The Hall–Kier alpha value is -1.32. The lowest BCUT2D eigenvalue weighted by molar-refractivity contribution is 0.0686. The standard InChI is InChI=1S/C12H10Br2N2O4S/c1-16-6-7(5-10(16)12(17)18)21(19,20)15-11-8(13)3-2-4-9(11)14/h2-6,15H,1H3,(H,17,18). The zero-order valence-corrected chi connectivity index (χ0v) is 14.7. The number of benzene rings is 1. The third kappa shape index (κ3) is 3.30. The highest BCUT2D eigenvalue weighted by Gasteiger charge is 2.22. The van der Waals surface area contributed by atoms with E-state index in [1.54, 1.807) is 18.2 Å². The summed E-state index contributed by atoms with van der Waals surface area (Å²) in [4.78, 5) is 10.9. The van der Waals surface area contributed by atoms with Gasteiger partial charge in [-0.05, 0) is 50.1 Å². The third-order valence-corrected chi connectivity index (χ3v) is 5.35. The van der Waals surface area contributed by atoms with Crippen LogP contribution in [-0.4, -0.2) is 24.1 Å². The van der Waals surface area contributed by atoms with Gasteiger partial charge in [0.15, 0.2) is 0 Å². The predicted molar refractivity (Wildman–Crippen MR) is 85.0 cm³/mol. The van der Waals surface area contributed by atoms with Crippen LogP contribution in [0.3, 0.4) is 0 Å². The first-order chi connectivity index (χ1) is 9.72. The highest BCUT2D eigenvalue weighted by Crippen LogP contribution is 2.32.